The number of fused-ring (bicyclic) bond motifs is 1. The van der Waals surface area contributed by atoms with Crippen molar-refractivity contribution >= 4 is 5.91 Å². The number of nitrogens with one attached hydrogen (secondary N) is 1. The van der Waals surface area contributed by atoms with E-state index in [2.05, 4.69) is 15.2 Å². The SMILES string of the molecule is Cc1cccc(CN2C[C@@H]3[C@H](CNC(=O)c4cccnc4)[C@H]4CC[C@]3(C2)O4)c1F. The molecule has 1 aromatic carbocycles. The molecule has 3 fully saturated rings. The fourth-order valence-corrected chi connectivity index (χ4v) is 5.56. The van der Waals surface area contributed by atoms with Crippen molar-refractivity contribution in [3.63, 3.8) is 0 Å². The molecule has 1 N–H and O–H groups in total. The van der Waals surface area contributed by atoms with E-state index < -0.39 is 0 Å². The van der Waals surface area contributed by atoms with E-state index in [-0.39, 0.29) is 23.4 Å². The lowest BCUT2D eigenvalue weighted by Crippen LogP contribution is -2.41. The van der Waals surface area contributed by atoms with Crippen LogP contribution in [-0.2, 0) is 11.3 Å². The number of rotatable bonds is 5. The summed E-state index contributed by atoms with van der Waals surface area (Å²) in [5, 5.41) is 3.08. The van der Waals surface area contributed by atoms with Gasteiger partial charge >= 0.3 is 0 Å². The Bertz CT molecular complexity index is 922. The number of aryl methyl sites for hydroxylation is 1. The van der Waals surface area contributed by atoms with Crippen molar-refractivity contribution in [2.75, 3.05) is 19.6 Å². The van der Waals surface area contributed by atoms with Gasteiger partial charge in [-0.05, 0) is 37.5 Å². The van der Waals surface area contributed by atoms with Crippen LogP contribution in [0.15, 0.2) is 42.7 Å². The van der Waals surface area contributed by atoms with Crippen molar-refractivity contribution in [2.45, 2.75) is 38.0 Å². The summed E-state index contributed by atoms with van der Waals surface area (Å²) in [6, 6.07) is 9.14. The molecule has 0 radical (unpaired) electrons. The van der Waals surface area contributed by atoms with Gasteiger partial charge in [0.25, 0.3) is 5.91 Å². The van der Waals surface area contributed by atoms with Gasteiger partial charge in [0.05, 0.1) is 17.3 Å². The van der Waals surface area contributed by atoms with E-state index in [1.165, 1.54) is 0 Å². The predicted molar refractivity (Wildman–Crippen MR) is 107 cm³/mol. The summed E-state index contributed by atoms with van der Waals surface area (Å²) >= 11 is 0. The van der Waals surface area contributed by atoms with Gasteiger partial charge < -0.3 is 10.1 Å². The number of aromatic nitrogens is 1. The number of carbonyl (C=O) groups excluding carboxylic acids is 1. The van der Waals surface area contributed by atoms with Crippen LogP contribution in [0.2, 0.25) is 0 Å². The summed E-state index contributed by atoms with van der Waals surface area (Å²) in [5.74, 6) is 0.485. The molecule has 0 saturated carbocycles. The van der Waals surface area contributed by atoms with Crippen molar-refractivity contribution in [2.24, 2.45) is 11.8 Å². The van der Waals surface area contributed by atoms with E-state index in [0.29, 0.717) is 36.1 Å². The first-order valence-corrected chi connectivity index (χ1v) is 10.4. The second-order valence-corrected chi connectivity index (χ2v) is 8.70. The summed E-state index contributed by atoms with van der Waals surface area (Å²) in [5.41, 5.74) is 1.88. The third-order valence-corrected chi connectivity index (χ3v) is 6.94. The van der Waals surface area contributed by atoms with Crippen LogP contribution in [0.3, 0.4) is 0 Å². The van der Waals surface area contributed by atoms with Crippen LogP contribution in [0.4, 0.5) is 4.39 Å². The van der Waals surface area contributed by atoms with E-state index in [1.54, 1.807) is 24.5 Å². The number of hydrogen-bond donors (Lipinski definition) is 1. The fourth-order valence-electron chi connectivity index (χ4n) is 5.56. The molecule has 2 bridgehead atoms. The van der Waals surface area contributed by atoms with Crippen LogP contribution in [0.5, 0.6) is 0 Å². The number of ether oxygens (including phenoxy) is 1. The second kappa shape index (κ2) is 7.18. The van der Waals surface area contributed by atoms with Crippen molar-refractivity contribution in [1.82, 2.24) is 15.2 Å². The van der Waals surface area contributed by atoms with Crippen molar-refractivity contribution in [3.05, 3.63) is 65.2 Å². The van der Waals surface area contributed by atoms with Crippen LogP contribution >= 0.6 is 0 Å². The molecule has 3 aliphatic rings. The Balaban J connectivity index is 1.26. The Labute approximate surface area is 170 Å². The molecule has 0 aliphatic carbocycles. The van der Waals surface area contributed by atoms with Gasteiger partial charge in [0.2, 0.25) is 0 Å². The molecular formula is C23H26FN3O2. The topological polar surface area (TPSA) is 54.5 Å². The van der Waals surface area contributed by atoms with E-state index >= 15 is 0 Å². The summed E-state index contributed by atoms with van der Waals surface area (Å²) in [6.07, 6.45) is 5.56. The molecule has 1 aromatic heterocycles. The molecule has 6 heteroatoms. The lowest BCUT2D eigenvalue weighted by Gasteiger charge is -2.29. The fraction of sp³-hybridized carbons (Fsp3) is 0.478. The van der Waals surface area contributed by atoms with Gasteiger partial charge in [0.15, 0.2) is 0 Å². The normalized spacial score (nSPS) is 30.5. The zero-order valence-electron chi connectivity index (χ0n) is 16.6. The number of amides is 1. The Morgan fingerprint density at radius 2 is 2.28 bits per heavy atom. The van der Waals surface area contributed by atoms with Gasteiger partial charge in [-0.3, -0.25) is 14.7 Å². The zero-order valence-corrected chi connectivity index (χ0v) is 16.6. The molecular weight excluding hydrogens is 369 g/mol. The molecule has 3 saturated heterocycles. The molecule has 152 valence electrons. The Kier molecular flexibility index (Phi) is 4.63. The summed E-state index contributed by atoms with van der Waals surface area (Å²) in [6.45, 7) is 4.75. The molecule has 3 aliphatic heterocycles. The number of halogens is 1. The summed E-state index contributed by atoms with van der Waals surface area (Å²) < 4.78 is 20.9. The highest BCUT2D eigenvalue weighted by Crippen LogP contribution is 2.54. The predicted octanol–water partition coefficient (Wildman–Crippen LogP) is 2.94. The number of pyridine rings is 1. The maximum Gasteiger partial charge on any atom is 0.252 e. The van der Waals surface area contributed by atoms with Gasteiger partial charge in [-0.25, -0.2) is 4.39 Å². The zero-order chi connectivity index (χ0) is 20.0. The molecule has 2 aromatic rings. The van der Waals surface area contributed by atoms with E-state index in [4.69, 9.17) is 4.74 Å². The first-order chi connectivity index (χ1) is 14.1. The quantitative estimate of drug-likeness (QED) is 0.846. The largest absolute Gasteiger partial charge is 0.370 e. The van der Waals surface area contributed by atoms with Crippen LogP contribution in [0.1, 0.15) is 34.3 Å². The number of benzene rings is 1. The molecule has 0 unspecified atom stereocenters. The lowest BCUT2D eigenvalue weighted by atomic mass is 9.73. The van der Waals surface area contributed by atoms with Gasteiger partial charge in [0.1, 0.15) is 5.82 Å². The second-order valence-electron chi connectivity index (χ2n) is 8.70. The van der Waals surface area contributed by atoms with Gasteiger partial charge in [-0.2, -0.15) is 0 Å². The Morgan fingerprint density at radius 3 is 3.10 bits per heavy atom. The van der Waals surface area contributed by atoms with Gasteiger partial charge in [-0.15, -0.1) is 0 Å². The average molecular weight is 395 g/mol. The van der Waals surface area contributed by atoms with Gasteiger partial charge in [0, 0.05) is 56.0 Å². The number of nitrogens with zero attached hydrogens (tertiary/aromatic N) is 2. The Hall–Kier alpha value is -2.31. The van der Waals surface area contributed by atoms with Crippen LogP contribution in [-0.4, -0.2) is 47.1 Å². The molecule has 4 heterocycles. The van der Waals surface area contributed by atoms with E-state index in [9.17, 15) is 9.18 Å². The van der Waals surface area contributed by atoms with Crippen LogP contribution in [0.25, 0.3) is 0 Å². The van der Waals surface area contributed by atoms with E-state index in [0.717, 1.165) is 31.5 Å². The van der Waals surface area contributed by atoms with Crippen LogP contribution < -0.4 is 5.32 Å². The maximum absolute atomic E-state index is 14.5. The van der Waals surface area contributed by atoms with Crippen molar-refractivity contribution in [3.8, 4) is 0 Å². The summed E-state index contributed by atoms with van der Waals surface area (Å²) in [4.78, 5) is 18.8. The molecule has 1 spiro atoms. The average Bonchev–Trinajstić information content (AvgIpc) is 3.38. The van der Waals surface area contributed by atoms with Crippen LogP contribution in [0, 0.1) is 24.6 Å². The minimum atomic E-state index is -0.130. The lowest BCUT2D eigenvalue weighted by molar-refractivity contribution is 0.00204. The number of likely N-dealkylation sites (tertiary alicyclic amines) is 1. The molecule has 5 rings (SSSR count). The highest BCUT2D eigenvalue weighted by molar-refractivity contribution is 5.93. The number of carbonyl (C=O) groups is 1. The molecule has 5 nitrogen and oxygen atoms in total. The van der Waals surface area contributed by atoms with Gasteiger partial charge in [-0.1, -0.05) is 18.2 Å². The van der Waals surface area contributed by atoms with Crippen molar-refractivity contribution < 1.29 is 13.9 Å². The first kappa shape index (κ1) is 18.7. The smallest absolute Gasteiger partial charge is 0.252 e. The Morgan fingerprint density at radius 1 is 1.38 bits per heavy atom. The van der Waals surface area contributed by atoms with E-state index in [1.807, 2.05) is 25.1 Å². The molecule has 4 atom stereocenters. The molecule has 29 heavy (non-hydrogen) atoms. The third kappa shape index (κ3) is 3.24. The minimum Gasteiger partial charge on any atom is -0.370 e. The minimum absolute atomic E-state index is 0.0911. The highest BCUT2D eigenvalue weighted by atomic mass is 19.1. The number of hydrogen-bond acceptors (Lipinski definition) is 4. The first-order valence-electron chi connectivity index (χ1n) is 10.4. The highest BCUT2D eigenvalue weighted by Gasteiger charge is 2.62. The monoisotopic (exact) mass is 395 g/mol. The molecule has 1 amide bonds. The maximum atomic E-state index is 14.5. The standard InChI is InChI=1S/C23H26FN3O2/c1-15-4-2-5-17(21(15)24)12-27-13-19-18(20-7-8-23(19,14-27)29-20)11-26-22(28)16-6-3-9-25-10-16/h2-6,9-10,18-20H,7-8,11-14H2,1H3,(H,26,28)/t18-,19+,20+,23+/m0/s1. The third-order valence-electron chi connectivity index (χ3n) is 6.94. The van der Waals surface area contributed by atoms with Crippen molar-refractivity contribution in [1.29, 1.82) is 0 Å². The summed E-state index contributed by atoms with van der Waals surface area (Å²) in [7, 11) is 0.